The molecule has 1 aliphatic heterocycles. The Labute approximate surface area is 159 Å². The second-order valence-electron chi connectivity index (χ2n) is 6.26. The van der Waals surface area contributed by atoms with E-state index in [9.17, 15) is 4.79 Å². The minimum atomic E-state index is -0.0627. The van der Waals surface area contributed by atoms with Crippen LogP contribution in [0, 0.1) is 0 Å². The van der Waals surface area contributed by atoms with E-state index in [0.29, 0.717) is 11.3 Å². The molecule has 0 unspecified atom stereocenters. The fraction of sp³-hybridized carbons (Fsp3) is 0.300. The van der Waals surface area contributed by atoms with Gasteiger partial charge in [0.25, 0.3) is 5.91 Å². The van der Waals surface area contributed by atoms with Gasteiger partial charge in [-0.05, 0) is 55.4 Å². The van der Waals surface area contributed by atoms with Crippen LogP contribution < -0.4 is 15.4 Å². The van der Waals surface area contributed by atoms with Crippen molar-refractivity contribution in [2.75, 3.05) is 25.5 Å². The number of carbonyl (C=O) groups excluding carboxylic acids is 1. The van der Waals surface area contributed by atoms with Gasteiger partial charge >= 0.3 is 0 Å². The molecule has 3 rings (SSSR count). The molecule has 6 heteroatoms. The highest BCUT2D eigenvalue weighted by molar-refractivity contribution is 7.80. The van der Waals surface area contributed by atoms with Gasteiger partial charge in [-0.1, -0.05) is 24.3 Å². The molecule has 2 aromatic carbocycles. The first-order valence-corrected chi connectivity index (χ1v) is 9.12. The number of benzene rings is 2. The third-order valence-corrected chi connectivity index (χ3v) is 4.83. The molecule has 1 heterocycles. The summed E-state index contributed by atoms with van der Waals surface area (Å²) >= 11 is 5.50. The van der Waals surface area contributed by atoms with Crippen LogP contribution in [-0.2, 0) is 0 Å². The van der Waals surface area contributed by atoms with E-state index in [1.807, 2.05) is 42.5 Å². The Balaban J connectivity index is 1.49. The lowest BCUT2D eigenvalue weighted by molar-refractivity contribution is 0.0922. The molecule has 0 spiro atoms. The van der Waals surface area contributed by atoms with E-state index in [4.69, 9.17) is 17.0 Å². The fourth-order valence-electron chi connectivity index (χ4n) is 2.98. The number of thiocarbonyl (C=S) groups is 1. The van der Waals surface area contributed by atoms with Crippen molar-refractivity contribution in [3.8, 4) is 5.75 Å². The lowest BCUT2D eigenvalue weighted by atomic mass is 10.0. The quantitative estimate of drug-likeness (QED) is 0.810. The first-order valence-electron chi connectivity index (χ1n) is 8.71. The normalized spacial score (nSPS) is 14.6. The summed E-state index contributed by atoms with van der Waals surface area (Å²) in [6.45, 7) is 1.64. The molecule has 0 aliphatic carbocycles. The van der Waals surface area contributed by atoms with Gasteiger partial charge in [0.1, 0.15) is 5.75 Å². The highest BCUT2D eigenvalue weighted by Gasteiger charge is 2.22. The summed E-state index contributed by atoms with van der Waals surface area (Å²) < 4.78 is 5.18. The van der Waals surface area contributed by atoms with Crippen molar-refractivity contribution < 1.29 is 9.53 Å². The second-order valence-corrected chi connectivity index (χ2v) is 6.65. The molecule has 1 fully saturated rings. The van der Waals surface area contributed by atoms with Crippen molar-refractivity contribution in [2.45, 2.75) is 18.9 Å². The molecule has 2 aromatic rings. The average Bonchev–Trinajstić information content (AvgIpc) is 2.69. The number of nitrogens with zero attached hydrogens (tertiary/aromatic N) is 1. The van der Waals surface area contributed by atoms with Gasteiger partial charge in [-0.15, -0.1) is 0 Å². The number of methoxy groups -OCH3 is 1. The van der Waals surface area contributed by atoms with E-state index in [1.165, 1.54) is 0 Å². The Morgan fingerprint density at radius 1 is 1.12 bits per heavy atom. The van der Waals surface area contributed by atoms with E-state index in [-0.39, 0.29) is 11.9 Å². The van der Waals surface area contributed by atoms with Crippen LogP contribution in [0.2, 0.25) is 0 Å². The molecule has 0 aromatic heterocycles. The van der Waals surface area contributed by atoms with Crippen LogP contribution in [0.3, 0.4) is 0 Å². The summed E-state index contributed by atoms with van der Waals surface area (Å²) in [5, 5.41) is 7.10. The second kappa shape index (κ2) is 8.67. The number of carbonyl (C=O) groups is 1. The number of para-hydroxylation sites is 1. The number of likely N-dealkylation sites (tertiary alicyclic amines) is 1. The first-order chi connectivity index (χ1) is 12.7. The van der Waals surface area contributed by atoms with Gasteiger partial charge in [-0.25, -0.2) is 0 Å². The summed E-state index contributed by atoms with van der Waals surface area (Å²) in [6.07, 6.45) is 1.73. The van der Waals surface area contributed by atoms with Crippen LogP contribution in [0.15, 0.2) is 54.6 Å². The molecule has 1 saturated heterocycles. The van der Waals surface area contributed by atoms with Gasteiger partial charge in [0.15, 0.2) is 5.11 Å². The van der Waals surface area contributed by atoms with Gasteiger partial charge in [-0.3, -0.25) is 4.79 Å². The van der Waals surface area contributed by atoms with Crippen LogP contribution in [0.1, 0.15) is 23.2 Å². The maximum Gasteiger partial charge on any atom is 0.251 e. The Bertz CT molecular complexity index is 759. The van der Waals surface area contributed by atoms with Gasteiger partial charge in [0, 0.05) is 30.4 Å². The van der Waals surface area contributed by atoms with Gasteiger partial charge in [0.2, 0.25) is 0 Å². The average molecular weight is 369 g/mol. The van der Waals surface area contributed by atoms with Crippen LogP contribution >= 0.6 is 12.2 Å². The van der Waals surface area contributed by atoms with Gasteiger partial charge < -0.3 is 20.3 Å². The minimum Gasteiger partial charge on any atom is -0.497 e. The molecular weight excluding hydrogens is 346 g/mol. The molecule has 0 radical (unpaired) electrons. The lowest BCUT2D eigenvalue weighted by Gasteiger charge is -2.34. The summed E-state index contributed by atoms with van der Waals surface area (Å²) in [7, 11) is 1.60. The zero-order valence-electron chi connectivity index (χ0n) is 14.8. The Morgan fingerprint density at radius 2 is 1.85 bits per heavy atom. The number of amides is 1. The molecule has 26 heavy (non-hydrogen) atoms. The summed E-state index contributed by atoms with van der Waals surface area (Å²) in [6, 6.07) is 17.3. The highest BCUT2D eigenvalue weighted by atomic mass is 32.1. The molecule has 1 amide bonds. The first kappa shape index (κ1) is 18.2. The number of ether oxygens (including phenoxy) is 1. The van der Waals surface area contributed by atoms with Gasteiger partial charge in [-0.2, -0.15) is 0 Å². The standard InChI is InChI=1S/C20H23N3O2S/c1-25-18-9-5-6-15(14-18)19(24)21-17-10-12-23(13-11-17)20(26)22-16-7-3-2-4-8-16/h2-9,14,17H,10-13H2,1H3,(H,21,24)(H,22,26). The maximum absolute atomic E-state index is 12.4. The molecule has 1 aliphatic rings. The van der Waals surface area contributed by atoms with E-state index in [1.54, 1.807) is 19.2 Å². The van der Waals surface area contributed by atoms with Crippen molar-refractivity contribution in [3.05, 3.63) is 60.2 Å². The van der Waals surface area contributed by atoms with Crippen LogP contribution in [0.25, 0.3) is 0 Å². The van der Waals surface area contributed by atoms with Crippen molar-refractivity contribution in [1.29, 1.82) is 0 Å². The molecule has 136 valence electrons. The van der Waals surface area contributed by atoms with Crippen molar-refractivity contribution >= 4 is 28.9 Å². The van der Waals surface area contributed by atoms with Crippen molar-refractivity contribution in [3.63, 3.8) is 0 Å². The number of rotatable bonds is 4. The largest absolute Gasteiger partial charge is 0.497 e. The van der Waals surface area contributed by atoms with E-state index in [0.717, 1.165) is 36.7 Å². The Kier molecular flexibility index (Phi) is 6.07. The number of nitrogens with one attached hydrogen (secondary N) is 2. The van der Waals surface area contributed by atoms with Crippen LogP contribution in [-0.4, -0.2) is 42.2 Å². The van der Waals surface area contributed by atoms with E-state index < -0.39 is 0 Å². The highest BCUT2D eigenvalue weighted by Crippen LogP contribution is 2.16. The smallest absolute Gasteiger partial charge is 0.251 e. The Morgan fingerprint density at radius 3 is 2.54 bits per heavy atom. The van der Waals surface area contributed by atoms with Crippen molar-refractivity contribution in [1.82, 2.24) is 10.2 Å². The lowest BCUT2D eigenvalue weighted by Crippen LogP contribution is -2.47. The predicted molar refractivity (Wildman–Crippen MR) is 108 cm³/mol. The maximum atomic E-state index is 12.4. The topological polar surface area (TPSA) is 53.6 Å². The number of hydrogen-bond donors (Lipinski definition) is 2. The van der Waals surface area contributed by atoms with Crippen LogP contribution in [0.5, 0.6) is 5.75 Å². The number of piperidine rings is 1. The number of hydrogen-bond acceptors (Lipinski definition) is 3. The molecule has 2 N–H and O–H groups in total. The van der Waals surface area contributed by atoms with E-state index >= 15 is 0 Å². The van der Waals surface area contributed by atoms with Crippen LogP contribution in [0.4, 0.5) is 5.69 Å². The zero-order chi connectivity index (χ0) is 18.4. The molecule has 0 saturated carbocycles. The zero-order valence-corrected chi connectivity index (χ0v) is 15.6. The summed E-state index contributed by atoms with van der Waals surface area (Å²) in [5.41, 5.74) is 1.61. The fourth-order valence-corrected chi connectivity index (χ4v) is 3.28. The SMILES string of the molecule is COc1cccc(C(=O)NC2CCN(C(=S)Nc3ccccc3)CC2)c1. The van der Waals surface area contributed by atoms with E-state index in [2.05, 4.69) is 15.5 Å². The Hall–Kier alpha value is -2.60. The summed E-state index contributed by atoms with van der Waals surface area (Å²) in [5.74, 6) is 0.622. The molecular formula is C20H23N3O2S. The summed E-state index contributed by atoms with van der Waals surface area (Å²) in [4.78, 5) is 14.6. The number of anilines is 1. The third-order valence-electron chi connectivity index (χ3n) is 4.47. The molecule has 0 atom stereocenters. The third kappa shape index (κ3) is 4.73. The monoisotopic (exact) mass is 369 g/mol. The van der Waals surface area contributed by atoms with Gasteiger partial charge in [0.05, 0.1) is 7.11 Å². The molecule has 0 bridgehead atoms. The van der Waals surface area contributed by atoms with Crippen molar-refractivity contribution in [2.24, 2.45) is 0 Å². The molecule has 5 nitrogen and oxygen atoms in total. The minimum absolute atomic E-state index is 0.0627. The predicted octanol–water partition coefficient (Wildman–Crippen LogP) is 3.29.